The van der Waals surface area contributed by atoms with Gasteiger partial charge < -0.3 is 8.94 Å². The molecule has 156 valence electrons. The van der Waals surface area contributed by atoms with Crippen LogP contribution in [0.25, 0.3) is 11.1 Å². The summed E-state index contributed by atoms with van der Waals surface area (Å²) < 4.78 is 40.4. The van der Waals surface area contributed by atoms with Gasteiger partial charge in [-0.05, 0) is 52.7 Å². The normalized spacial score (nSPS) is 11.8. The molecule has 0 radical (unpaired) electrons. The molecule has 9 nitrogen and oxygen atoms in total. The Morgan fingerprint density at radius 1 is 1.20 bits per heavy atom. The summed E-state index contributed by atoms with van der Waals surface area (Å²) in [5.41, 5.74) is 1.97. The highest BCUT2D eigenvalue weighted by Crippen LogP contribution is 2.27. The molecule has 0 amide bonds. The second-order valence-corrected chi connectivity index (χ2v) is 9.17. The van der Waals surface area contributed by atoms with Crippen LogP contribution in [-0.2, 0) is 23.0 Å². The van der Waals surface area contributed by atoms with Gasteiger partial charge in [-0.25, -0.2) is 13.2 Å². The average Bonchev–Trinajstić information content (AvgIpc) is 3.28. The third-order valence-electron chi connectivity index (χ3n) is 4.43. The lowest BCUT2D eigenvalue weighted by atomic mass is 10.2. The van der Waals surface area contributed by atoms with E-state index in [2.05, 4.69) is 30.8 Å². The van der Waals surface area contributed by atoms with Crippen LogP contribution < -0.4 is 10.5 Å². The first kappa shape index (κ1) is 20.4. The molecule has 0 saturated carbocycles. The van der Waals surface area contributed by atoms with E-state index in [-0.39, 0.29) is 17.0 Å². The Labute approximate surface area is 179 Å². The zero-order chi connectivity index (χ0) is 21.5. The predicted octanol–water partition coefficient (Wildman–Crippen LogP) is 3.46. The van der Waals surface area contributed by atoms with Crippen molar-refractivity contribution < 1.29 is 17.4 Å². The SMILES string of the molecule is CCc1nc(Cn2c(=O)oc3cc(S(=O)(=O)Nc4ccc(C)cc4Br)ccc32)no1. The first-order valence-corrected chi connectivity index (χ1v) is 11.3. The minimum atomic E-state index is -3.89. The van der Waals surface area contributed by atoms with Crippen molar-refractivity contribution in [2.75, 3.05) is 4.72 Å². The highest BCUT2D eigenvalue weighted by Gasteiger charge is 2.20. The van der Waals surface area contributed by atoms with Crippen molar-refractivity contribution in [2.24, 2.45) is 0 Å². The van der Waals surface area contributed by atoms with Crippen molar-refractivity contribution in [1.82, 2.24) is 14.7 Å². The van der Waals surface area contributed by atoms with Crippen LogP contribution in [0.4, 0.5) is 5.69 Å². The van der Waals surface area contributed by atoms with Gasteiger partial charge in [0.2, 0.25) is 5.89 Å². The number of nitrogens with zero attached hydrogens (tertiary/aromatic N) is 3. The van der Waals surface area contributed by atoms with E-state index in [1.54, 1.807) is 12.1 Å². The zero-order valence-corrected chi connectivity index (χ0v) is 18.4. The Balaban J connectivity index is 1.67. The predicted molar refractivity (Wildman–Crippen MR) is 113 cm³/mol. The third-order valence-corrected chi connectivity index (χ3v) is 6.45. The molecule has 0 saturated heterocycles. The van der Waals surface area contributed by atoms with Crippen molar-refractivity contribution in [1.29, 1.82) is 0 Å². The highest BCUT2D eigenvalue weighted by molar-refractivity contribution is 9.10. The number of anilines is 1. The Bertz CT molecular complexity index is 1400. The van der Waals surface area contributed by atoms with Crippen LogP contribution in [0.2, 0.25) is 0 Å². The minimum absolute atomic E-state index is 0.0313. The van der Waals surface area contributed by atoms with E-state index >= 15 is 0 Å². The Morgan fingerprint density at radius 2 is 2.00 bits per heavy atom. The molecule has 2 aromatic carbocycles. The van der Waals surface area contributed by atoms with Gasteiger partial charge >= 0.3 is 5.76 Å². The molecule has 0 unspecified atom stereocenters. The summed E-state index contributed by atoms with van der Waals surface area (Å²) in [6, 6.07) is 9.51. The maximum Gasteiger partial charge on any atom is 0.420 e. The number of hydrogen-bond donors (Lipinski definition) is 1. The fraction of sp³-hybridized carbons (Fsp3) is 0.211. The van der Waals surface area contributed by atoms with E-state index in [9.17, 15) is 13.2 Å². The fourth-order valence-corrected chi connectivity index (χ4v) is 4.73. The van der Waals surface area contributed by atoms with Gasteiger partial charge in [0.05, 0.1) is 22.6 Å². The van der Waals surface area contributed by atoms with Gasteiger partial charge in [-0.1, -0.05) is 18.1 Å². The van der Waals surface area contributed by atoms with Crippen LogP contribution in [0, 0.1) is 6.92 Å². The van der Waals surface area contributed by atoms with Crippen LogP contribution >= 0.6 is 15.9 Å². The molecule has 0 atom stereocenters. The first-order chi connectivity index (χ1) is 14.3. The van der Waals surface area contributed by atoms with Crippen molar-refractivity contribution in [2.45, 2.75) is 31.7 Å². The van der Waals surface area contributed by atoms with E-state index in [1.807, 2.05) is 19.9 Å². The number of nitrogens with one attached hydrogen (secondary N) is 1. The van der Waals surface area contributed by atoms with Crippen molar-refractivity contribution in [3.8, 4) is 0 Å². The Hall–Kier alpha value is -2.92. The number of benzene rings is 2. The fourth-order valence-electron chi connectivity index (χ4n) is 2.91. The molecule has 0 spiro atoms. The highest BCUT2D eigenvalue weighted by atomic mass is 79.9. The van der Waals surface area contributed by atoms with Gasteiger partial charge in [0, 0.05) is 17.0 Å². The van der Waals surface area contributed by atoms with Crippen molar-refractivity contribution >= 4 is 42.7 Å². The number of rotatable bonds is 6. The molecule has 0 aliphatic carbocycles. The maximum atomic E-state index is 12.8. The molecule has 2 aromatic heterocycles. The van der Waals surface area contributed by atoms with Crippen LogP contribution in [0.5, 0.6) is 0 Å². The van der Waals surface area contributed by atoms with Gasteiger partial charge in [0.1, 0.15) is 0 Å². The summed E-state index contributed by atoms with van der Waals surface area (Å²) in [7, 11) is -3.89. The largest absolute Gasteiger partial charge is 0.420 e. The van der Waals surface area contributed by atoms with Crippen LogP contribution in [-0.4, -0.2) is 23.1 Å². The molecule has 0 bridgehead atoms. The van der Waals surface area contributed by atoms with E-state index < -0.39 is 15.8 Å². The van der Waals surface area contributed by atoms with Gasteiger partial charge in [-0.15, -0.1) is 0 Å². The number of aryl methyl sites for hydroxylation is 2. The van der Waals surface area contributed by atoms with Gasteiger partial charge in [0.15, 0.2) is 11.4 Å². The lowest BCUT2D eigenvalue weighted by molar-refractivity contribution is 0.375. The van der Waals surface area contributed by atoms with Crippen LogP contribution in [0.15, 0.2) is 59.5 Å². The van der Waals surface area contributed by atoms with Gasteiger partial charge in [0.25, 0.3) is 10.0 Å². The van der Waals surface area contributed by atoms with E-state index in [1.165, 1.54) is 22.8 Å². The molecule has 2 heterocycles. The lowest BCUT2D eigenvalue weighted by Crippen LogP contribution is -2.16. The molecule has 4 rings (SSSR count). The molecule has 1 N–H and O–H groups in total. The molecular formula is C19H17BrN4O5S. The number of aromatic nitrogens is 3. The van der Waals surface area contributed by atoms with Crippen LogP contribution in [0.3, 0.4) is 0 Å². The van der Waals surface area contributed by atoms with Gasteiger partial charge in [-0.2, -0.15) is 4.98 Å². The summed E-state index contributed by atoms with van der Waals surface area (Å²) >= 11 is 3.35. The van der Waals surface area contributed by atoms with E-state index in [0.717, 1.165) is 5.56 Å². The molecule has 11 heteroatoms. The second kappa shape index (κ2) is 7.73. The summed E-state index contributed by atoms with van der Waals surface area (Å²) in [5.74, 6) is 0.156. The zero-order valence-electron chi connectivity index (χ0n) is 16.0. The number of oxazole rings is 1. The number of sulfonamides is 1. The molecule has 0 aliphatic heterocycles. The Kier molecular flexibility index (Phi) is 5.24. The van der Waals surface area contributed by atoms with E-state index in [4.69, 9.17) is 8.94 Å². The van der Waals surface area contributed by atoms with Crippen molar-refractivity contribution in [3.63, 3.8) is 0 Å². The van der Waals surface area contributed by atoms with E-state index in [0.29, 0.717) is 33.8 Å². The van der Waals surface area contributed by atoms with Crippen LogP contribution in [0.1, 0.15) is 24.2 Å². The Morgan fingerprint density at radius 3 is 2.70 bits per heavy atom. The lowest BCUT2D eigenvalue weighted by Gasteiger charge is -2.10. The maximum absolute atomic E-state index is 12.8. The average molecular weight is 493 g/mol. The summed E-state index contributed by atoms with van der Waals surface area (Å²) in [6.45, 7) is 3.83. The smallest absolute Gasteiger partial charge is 0.408 e. The number of halogens is 1. The van der Waals surface area contributed by atoms with Crippen molar-refractivity contribution in [3.05, 3.63) is 68.7 Å². The molecular weight excluding hydrogens is 476 g/mol. The quantitative estimate of drug-likeness (QED) is 0.437. The molecule has 30 heavy (non-hydrogen) atoms. The topological polar surface area (TPSA) is 120 Å². The number of hydrogen-bond acceptors (Lipinski definition) is 7. The molecule has 4 aromatic rings. The van der Waals surface area contributed by atoms with Gasteiger partial charge in [-0.3, -0.25) is 9.29 Å². The third kappa shape index (κ3) is 3.90. The number of fused-ring (bicyclic) bond motifs is 1. The first-order valence-electron chi connectivity index (χ1n) is 9.00. The second-order valence-electron chi connectivity index (χ2n) is 6.63. The standard InChI is InChI=1S/C19H17BrN4O5S/c1-3-18-21-17(22-29-18)10-24-15-7-5-12(9-16(15)28-19(24)25)30(26,27)23-14-6-4-11(2)8-13(14)20/h4-9,23H,3,10H2,1-2H3. The summed E-state index contributed by atoms with van der Waals surface area (Å²) in [5, 5.41) is 3.83. The minimum Gasteiger partial charge on any atom is -0.408 e. The molecule has 0 fully saturated rings. The summed E-state index contributed by atoms with van der Waals surface area (Å²) in [4.78, 5) is 16.4. The molecule has 0 aliphatic rings. The summed E-state index contributed by atoms with van der Waals surface area (Å²) in [6.07, 6.45) is 0.583. The monoisotopic (exact) mass is 492 g/mol.